The van der Waals surface area contributed by atoms with Gasteiger partial charge >= 0.3 is 0 Å². The van der Waals surface area contributed by atoms with E-state index in [1.54, 1.807) is 13.2 Å². The van der Waals surface area contributed by atoms with E-state index >= 15 is 0 Å². The first-order valence-corrected chi connectivity index (χ1v) is 7.52. The average Bonchev–Trinajstić information content (AvgIpc) is 2.83. The Morgan fingerprint density at radius 2 is 2.14 bits per heavy atom. The molecule has 1 aromatic carbocycles. The van der Waals surface area contributed by atoms with Crippen LogP contribution < -0.4 is 10.1 Å². The molecule has 0 bridgehead atoms. The topological polar surface area (TPSA) is 67.5 Å². The lowest BCUT2D eigenvalue weighted by atomic mass is 10.1. The summed E-state index contributed by atoms with van der Waals surface area (Å²) in [6, 6.07) is 5.86. The van der Waals surface area contributed by atoms with Crippen molar-refractivity contribution in [3.05, 3.63) is 40.8 Å². The van der Waals surface area contributed by atoms with E-state index in [4.69, 9.17) is 9.26 Å². The number of nitrogens with one attached hydrogen (secondary N) is 1. The van der Waals surface area contributed by atoms with Crippen LogP contribution in [0.4, 0.5) is 0 Å². The zero-order valence-corrected chi connectivity index (χ0v) is 13.6. The normalized spacial score (nSPS) is 12.4. The van der Waals surface area contributed by atoms with Crippen molar-refractivity contribution >= 4 is 0 Å². The number of phenolic OH excluding ortho intramolecular Hbond substituents is 1. The van der Waals surface area contributed by atoms with Crippen molar-refractivity contribution < 1.29 is 14.4 Å². The molecular formula is C17H24N2O3. The predicted molar refractivity (Wildman–Crippen MR) is 85.3 cm³/mol. The van der Waals surface area contributed by atoms with Crippen LogP contribution in [0.5, 0.6) is 11.5 Å². The number of nitrogens with zero attached hydrogens (tertiary/aromatic N) is 1. The molecule has 120 valence electrons. The van der Waals surface area contributed by atoms with Gasteiger partial charge in [-0.05, 0) is 51.3 Å². The summed E-state index contributed by atoms with van der Waals surface area (Å²) in [6.07, 6.45) is 1.92. The first kappa shape index (κ1) is 16.4. The maximum atomic E-state index is 9.60. The van der Waals surface area contributed by atoms with Crippen molar-refractivity contribution in [3.8, 4) is 11.5 Å². The second-order valence-corrected chi connectivity index (χ2v) is 5.63. The highest BCUT2D eigenvalue weighted by Crippen LogP contribution is 2.26. The number of aromatic nitrogens is 1. The van der Waals surface area contributed by atoms with Crippen molar-refractivity contribution in [3.63, 3.8) is 0 Å². The molecule has 0 aliphatic carbocycles. The summed E-state index contributed by atoms with van der Waals surface area (Å²) >= 11 is 0. The molecule has 0 unspecified atom stereocenters. The molecule has 5 heteroatoms. The largest absolute Gasteiger partial charge is 0.504 e. The van der Waals surface area contributed by atoms with Crippen molar-refractivity contribution in [2.45, 2.75) is 46.2 Å². The minimum absolute atomic E-state index is 0.177. The molecule has 0 saturated carbocycles. The summed E-state index contributed by atoms with van der Waals surface area (Å²) in [5.41, 5.74) is 3.24. The zero-order valence-electron chi connectivity index (χ0n) is 13.6. The van der Waals surface area contributed by atoms with Crippen LogP contribution in [0.2, 0.25) is 0 Å². The van der Waals surface area contributed by atoms with Crippen LogP contribution in [-0.4, -0.2) is 23.4 Å². The minimum Gasteiger partial charge on any atom is -0.504 e. The van der Waals surface area contributed by atoms with Gasteiger partial charge in [0, 0.05) is 18.2 Å². The van der Waals surface area contributed by atoms with Gasteiger partial charge in [-0.1, -0.05) is 11.2 Å². The van der Waals surface area contributed by atoms with Gasteiger partial charge in [0.05, 0.1) is 12.8 Å². The molecule has 0 spiro atoms. The highest BCUT2D eigenvalue weighted by Gasteiger charge is 2.10. The molecule has 22 heavy (non-hydrogen) atoms. The molecule has 2 rings (SSSR count). The Kier molecular flexibility index (Phi) is 5.44. The fraction of sp³-hybridized carbons (Fsp3) is 0.471. The summed E-state index contributed by atoms with van der Waals surface area (Å²) in [7, 11) is 1.56. The smallest absolute Gasteiger partial charge is 0.160 e. The molecule has 0 aliphatic heterocycles. The molecule has 1 heterocycles. The molecular weight excluding hydrogens is 280 g/mol. The maximum Gasteiger partial charge on any atom is 0.160 e. The standard InChI is InChI=1S/C17H24N2O3/c1-11(18-10-15-12(2)19-22-13(15)3)5-6-14-7-8-16(20)17(9-14)21-4/h7-9,11,18,20H,5-6,10H2,1-4H3/t11-/m1/s1. The van der Waals surface area contributed by atoms with Gasteiger partial charge in [0.25, 0.3) is 0 Å². The van der Waals surface area contributed by atoms with Crippen molar-refractivity contribution in [1.29, 1.82) is 0 Å². The van der Waals surface area contributed by atoms with E-state index in [-0.39, 0.29) is 5.75 Å². The van der Waals surface area contributed by atoms with Crippen LogP contribution in [0.15, 0.2) is 22.7 Å². The van der Waals surface area contributed by atoms with Crippen molar-refractivity contribution in [1.82, 2.24) is 10.5 Å². The summed E-state index contributed by atoms with van der Waals surface area (Å²) in [5.74, 6) is 1.57. The second kappa shape index (κ2) is 7.31. The third-order valence-electron chi connectivity index (χ3n) is 3.92. The highest BCUT2D eigenvalue weighted by atomic mass is 16.5. The lowest BCUT2D eigenvalue weighted by Crippen LogP contribution is -2.26. The summed E-state index contributed by atoms with van der Waals surface area (Å²) < 4.78 is 10.3. The monoisotopic (exact) mass is 304 g/mol. The molecule has 0 fully saturated rings. The Bertz CT molecular complexity index is 603. The Balaban J connectivity index is 1.84. The van der Waals surface area contributed by atoms with Gasteiger partial charge in [0.15, 0.2) is 11.5 Å². The number of ether oxygens (including phenoxy) is 1. The molecule has 5 nitrogen and oxygen atoms in total. The van der Waals surface area contributed by atoms with E-state index in [9.17, 15) is 5.11 Å². The number of hydrogen-bond donors (Lipinski definition) is 2. The number of benzene rings is 1. The zero-order chi connectivity index (χ0) is 16.1. The van der Waals surface area contributed by atoms with E-state index < -0.39 is 0 Å². The molecule has 0 amide bonds. The van der Waals surface area contributed by atoms with Crippen molar-refractivity contribution in [2.24, 2.45) is 0 Å². The Labute approximate surface area is 131 Å². The molecule has 2 aromatic rings. The molecule has 0 radical (unpaired) electrons. The van der Waals surface area contributed by atoms with Crippen LogP contribution in [0.1, 0.15) is 35.9 Å². The number of phenols is 1. The maximum absolute atomic E-state index is 9.60. The van der Waals surface area contributed by atoms with E-state index in [0.29, 0.717) is 11.8 Å². The predicted octanol–water partition coefficient (Wildman–Crippen LogP) is 3.12. The van der Waals surface area contributed by atoms with Gasteiger partial charge in [0.1, 0.15) is 5.76 Å². The molecule has 0 saturated heterocycles. The summed E-state index contributed by atoms with van der Waals surface area (Å²) in [6.45, 7) is 6.82. The first-order valence-electron chi connectivity index (χ1n) is 7.52. The van der Waals surface area contributed by atoms with Gasteiger partial charge in [-0.3, -0.25) is 0 Å². The van der Waals surface area contributed by atoms with E-state index in [1.807, 2.05) is 26.0 Å². The number of methoxy groups -OCH3 is 1. The Hall–Kier alpha value is -2.01. The quantitative estimate of drug-likeness (QED) is 0.822. The van der Waals surface area contributed by atoms with Gasteiger partial charge in [-0.2, -0.15) is 0 Å². The number of aromatic hydroxyl groups is 1. The summed E-state index contributed by atoms with van der Waals surface area (Å²) in [5, 5.41) is 17.1. The van der Waals surface area contributed by atoms with Crippen LogP contribution in [0, 0.1) is 13.8 Å². The third-order valence-corrected chi connectivity index (χ3v) is 3.92. The Morgan fingerprint density at radius 3 is 2.77 bits per heavy atom. The SMILES string of the molecule is COc1cc(CC[C@@H](C)NCc2c(C)noc2C)ccc1O. The Morgan fingerprint density at radius 1 is 1.36 bits per heavy atom. The molecule has 1 atom stereocenters. The number of aryl methyl sites for hydroxylation is 3. The van der Waals surface area contributed by atoms with Crippen LogP contribution in [-0.2, 0) is 13.0 Å². The fourth-order valence-corrected chi connectivity index (χ4v) is 2.39. The second-order valence-electron chi connectivity index (χ2n) is 5.63. The molecule has 0 aliphatic rings. The fourth-order valence-electron chi connectivity index (χ4n) is 2.39. The van der Waals surface area contributed by atoms with Crippen LogP contribution in [0.3, 0.4) is 0 Å². The van der Waals surface area contributed by atoms with E-state index in [2.05, 4.69) is 17.4 Å². The number of hydrogen-bond acceptors (Lipinski definition) is 5. The lowest BCUT2D eigenvalue weighted by molar-refractivity contribution is 0.372. The van der Waals surface area contributed by atoms with Crippen LogP contribution >= 0.6 is 0 Å². The molecule has 1 aromatic heterocycles. The average molecular weight is 304 g/mol. The van der Waals surface area contributed by atoms with Crippen molar-refractivity contribution in [2.75, 3.05) is 7.11 Å². The number of rotatable bonds is 7. The van der Waals surface area contributed by atoms with Gasteiger partial charge in [-0.25, -0.2) is 0 Å². The molecule has 2 N–H and O–H groups in total. The van der Waals surface area contributed by atoms with Gasteiger partial charge in [0.2, 0.25) is 0 Å². The van der Waals surface area contributed by atoms with Gasteiger partial charge in [-0.15, -0.1) is 0 Å². The van der Waals surface area contributed by atoms with Crippen LogP contribution in [0.25, 0.3) is 0 Å². The minimum atomic E-state index is 0.177. The highest BCUT2D eigenvalue weighted by molar-refractivity contribution is 5.41. The van der Waals surface area contributed by atoms with E-state index in [1.165, 1.54) is 0 Å². The van der Waals surface area contributed by atoms with E-state index in [0.717, 1.165) is 42.0 Å². The van der Waals surface area contributed by atoms with Gasteiger partial charge < -0.3 is 19.7 Å². The first-order chi connectivity index (χ1) is 10.5. The third kappa shape index (κ3) is 4.01. The summed E-state index contributed by atoms with van der Waals surface area (Å²) in [4.78, 5) is 0. The lowest BCUT2D eigenvalue weighted by Gasteiger charge is -2.14.